The number of rotatable bonds is 6. The lowest BCUT2D eigenvalue weighted by Gasteiger charge is -2.19. The molecule has 0 radical (unpaired) electrons. The summed E-state index contributed by atoms with van der Waals surface area (Å²) in [5, 5.41) is 15.1. The number of carbonyl (C=O) groups excluding carboxylic acids is 2. The van der Waals surface area contributed by atoms with E-state index in [1.54, 1.807) is 27.1 Å². The van der Waals surface area contributed by atoms with E-state index in [2.05, 4.69) is 25.6 Å². The fourth-order valence-corrected chi connectivity index (χ4v) is 2.93. The number of carbonyl (C=O) groups is 2. The van der Waals surface area contributed by atoms with Crippen LogP contribution in [0.2, 0.25) is 0 Å². The molecule has 0 saturated heterocycles. The van der Waals surface area contributed by atoms with Gasteiger partial charge in [-0.2, -0.15) is 5.26 Å². The number of nitrogens with one attached hydrogen (secondary N) is 2. The molecule has 0 unspecified atom stereocenters. The molecule has 2 heterocycles. The van der Waals surface area contributed by atoms with Crippen molar-refractivity contribution in [2.75, 3.05) is 24.7 Å². The maximum absolute atomic E-state index is 12.1. The van der Waals surface area contributed by atoms with Gasteiger partial charge >= 0.3 is 0 Å². The molecule has 0 aromatic carbocycles. The zero-order chi connectivity index (χ0) is 21.1. The van der Waals surface area contributed by atoms with Gasteiger partial charge in [-0.1, -0.05) is 6.92 Å². The predicted molar refractivity (Wildman–Crippen MR) is 108 cm³/mol. The van der Waals surface area contributed by atoms with E-state index in [1.165, 1.54) is 23.5 Å². The van der Waals surface area contributed by atoms with Crippen molar-refractivity contribution in [3.63, 3.8) is 0 Å². The van der Waals surface area contributed by atoms with Crippen molar-refractivity contribution in [2.24, 2.45) is 11.8 Å². The van der Waals surface area contributed by atoms with Crippen molar-refractivity contribution in [1.82, 2.24) is 19.9 Å². The number of pyridine rings is 1. The second kappa shape index (κ2) is 8.22. The third-order valence-electron chi connectivity index (χ3n) is 4.82. The highest BCUT2D eigenvalue weighted by atomic mass is 16.2. The molecule has 9 heteroatoms. The number of anilines is 2. The van der Waals surface area contributed by atoms with Gasteiger partial charge in [0.1, 0.15) is 12.1 Å². The van der Waals surface area contributed by atoms with Crippen LogP contribution in [-0.4, -0.2) is 51.8 Å². The van der Waals surface area contributed by atoms with E-state index in [0.717, 1.165) is 6.42 Å². The Bertz CT molecular complexity index is 966. The summed E-state index contributed by atoms with van der Waals surface area (Å²) in [7, 11) is 3.33. The van der Waals surface area contributed by atoms with Crippen molar-refractivity contribution in [3.8, 4) is 17.3 Å². The van der Waals surface area contributed by atoms with E-state index in [1.807, 2.05) is 13.0 Å². The summed E-state index contributed by atoms with van der Waals surface area (Å²) in [4.78, 5) is 38.3. The van der Waals surface area contributed by atoms with Crippen LogP contribution in [0.1, 0.15) is 26.0 Å². The average Bonchev–Trinajstić information content (AvgIpc) is 3.44. The minimum atomic E-state index is -0.525. The highest BCUT2D eigenvalue weighted by Crippen LogP contribution is 2.38. The average molecular weight is 393 g/mol. The molecule has 2 N–H and O–H groups in total. The zero-order valence-electron chi connectivity index (χ0n) is 16.8. The Labute approximate surface area is 169 Å². The first-order valence-electron chi connectivity index (χ1n) is 9.31. The van der Waals surface area contributed by atoms with E-state index in [0.29, 0.717) is 28.7 Å². The van der Waals surface area contributed by atoms with Gasteiger partial charge in [-0.25, -0.2) is 9.97 Å². The van der Waals surface area contributed by atoms with Crippen LogP contribution in [0.3, 0.4) is 0 Å². The van der Waals surface area contributed by atoms with E-state index in [4.69, 9.17) is 0 Å². The molecule has 150 valence electrons. The Kier molecular flexibility index (Phi) is 5.73. The number of hydrogen-bond donors (Lipinski definition) is 2. The van der Waals surface area contributed by atoms with Crippen LogP contribution >= 0.6 is 0 Å². The standard InChI is InChI=1S/C20H23N7O2/c1-11-5-14(11)19(28)26-18-10-23-17(9-24-18)13-6-15(16(7-21)22-8-13)25-12(2)20(29)27(3)4/h6,8-12,14,25H,5H2,1-4H3,(H,24,26,28)/t11-,12-,14+/m0/s1. The molecule has 3 atom stereocenters. The summed E-state index contributed by atoms with van der Waals surface area (Å²) in [5.74, 6) is 0.706. The first-order valence-corrected chi connectivity index (χ1v) is 9.31. The molecule has 9 nitrogen and oxygen atoms in total. The molecule has 1 saturated carbocycles. The number of nitrogens with zero attached hydrogens (tertiary/aromatic N) is 5. The maximum Gasteiger partial charge on any atom is 0.244 e. The van der Waals surface area contributed by atoms with E-state index >= 15 is 0 Å². The van der Waals surface area contributed by atoms with E-state index in [9.17, 15) is 14.9 Å². The normalized spacial score (nSPS) is 18.3. The largest absolute Gasteiger partial charge is 0.372 e. The summed E-state index contributed by atoms with van der Waals surface area (Å²) < 4.78 is 0. The fraction of sp³-hybridized carbons (Fsp3) is 0.400. The summed E-state index contributed by atoms with van der Waals surface area (Å²) in [6.07, 6.45) is 5.45. The third-order valence-corrected chi connectivity index (χ3v) is 4.82. The van der Waals surface area contributed by atoms with Crippen LogP contribution in [0.25, 0.3) is 11.3 Å². The van der Waals surface area contributed by atoms with Gasteiger partial charge in [0.05, 0.1) is 23.8 Å². The zero-order valence-corrected chi connectivity index (χ0v) is 16.8. The second-order valence-electron chi connectivity index (χ2n) is 7.43. The minimum absolute atomic E-state index is 0.0365. The molecule has 1 fully saturated rings. The highest BCUT2D eigenvalue weighted by molar-refractivity contribution is 5.93. The molecule has 2 aromatic heterocycles. The van der Waals surface area contributed by atoms with Crippen molar-refractivity contribution < 1.29 is 9.59 Å². The lowest BCUT2D eigenvalue weighted by atomic mass is 10.1. The summed E-state index contributed by atoms with van der Waals surface area (Å²) in [5.41, 5.74) is 1.80. The van der Waals surface area contributed by atoms with Crippen molar-refractivity contribution in [1.29, 1.82) is 5.26 Å². The van der Waals surface area contributed by atoms with Gasteiger partial charge in [-0.3, -0.25) is 14.6 Å². The molecule has 0 bridgehead atoms. The maximum atomic E-state index is 12.1. The molecule has 1 aliphatic carbocycles. The highest BCUT2D eigenvalue weighted by Gasteiger charge is 2.39. The smallest absolute Gasteiger partial charge is 0.244 e. The Morgan fingerprint density at radius 3 is 2.52 bits per heavy atom. The van der Waals surface area contributed by atoms with Crippen molar-refractivity contribution in [2.45, 2.75) is 26.3 Å². The van der Waals surface area contributed by atoms with Crippen molar-refractivity contribution in [3.05, 3.63) is 30.4 Å². The Balaban J connectivity index is 1.77. The fourth-order valence-electron chi connectivity index (χ4n) is 2.93. The molecule has 0 aliphatic heterocycles. The molecule has 2 aromatic rings. The minimum Gasteiger partial charge on any atom is -0.372 e. The van der Waals surface area contributed by atoms with Crippen LogP contribution in [0.4, 0.5) is 11.5 Å². The van der Waals surface area contributed by atoms with Gasteiger partial charge in [-0.05, 0) is 25.3 Å². The number of likely N-dealkylation sites (N-methyl/N-ethyl adjacent to an activating group) is 1. The molecule has 2 amide bonds. The Morgan fingerprint density at radius 2 is 1.97 bits per heavy atom. The first-order chi connectivity index (χ1) is 13.8. The summed E-state index contributed by atoms with van der Waals surface area (Å²) in [6, 6.07) is 3.20. The Hall–Kier alpha value is -3.54. The number of amides is 2. The second-order valence-corrected chi connectivity index (χ2v) is 7.43. The van der Waals surface area contributed by atoms with E-state index in [-0.39, 0.29) is 23.4 Å². The van der Waals surface area contributed by atoms with Gasteiger partial charge in [0.2, 0.25) is 11.8 Å². The SMILES string of the molecule is C[C@H](Nc1cc(-c2cnc(NC(=O)[C@@H]3C[C@@H]3C)cn2)cnc1C#N)C(=O)N(C)C. The number of nitriles is 1. The van der Waals surface area contributed by atoms with Gasteiger partial charge in [-0.15, -0.1) is 0 Å². The topological polar surface area (TPSA) is 124 Å². The molecule has 1 aliphatic rings. The van der Waals surface area contributed by atoms with Crippen molar-refractivity contribution >= 4 is 23.3 Å². The van der Waals surface area contributed by atoms with Gasteiger partial charge < -0.3 is 15.5 Å². The number of hydrogen-bond acceptors (Lipinski definition) is 7. The molecule has 29 heavy (non-hydrogen) atoms. The first kappa shape index (κ1) is 20.2. The van der Waals surface area contributed by atoms with Crippen LogP contribution < -0.4 is 10.6 Å². The Morgan fingerprint density at radius 1 is 1.24 bits per heavy atom. The van der Waals surface area contributed by atoms with Gasteiger partial charge in [0, 0.05) is 31.8 Å². The monoisotopic (exact) mass is 393 g/mol. The van der Waals surface area contributed by atoms with Crippen LogP contribution in [0, 0.1) is 23.2 Å². The number of aromatic nitrogens is 3. The predicted octanol–water partition coefficient (Wildman–Crippen LogP) is 1.89. The van der Waals surface area contributed by atoms with Crippen LogP contribution in [0.5, 0.6) is 0 Å². The van der Waals surface area contributed by atoms with E-state index < -0.39 is 6.04 Å². The summed E-state index contributed by atoms with van der Waals surface area (Å²) >= 11 is 0. The molecular formula is C20H23N7O2. The van der Waals surface area contributed by atoms with Crippen LogP contribution in [-0.2, 0) is 9.59 Å². The third kappa shape index (κ3) is 4.66. The lowest BCUT2D eigenvalue weighted by Crippen LogP contribution is -2.36. The van der Waals surface area contributed by atoms with Gasteiger partial charge in [0.25, 0.3) is 0 Å². The molecule has 0 spiro atoms. The summed E-state index contributed by atoms with van der Waals surface area (Å²) in [6.45, 7) is 3.75. The lowest BCUT2D eigenvalue weighted by molar-refractivity contribution is -0.129. The molecule has 3 rings (SSSR count). The van der Waals surface area contributed by atoms with Gasteiger partial charge in [0.15, 0.2) is 11.5 Å². The van der Waals surface area contributed by atoms with Crippen LogP contribution in [0.15, 0.2) is 24.7 Å². The molecular weight excluding hydrogens is 370 g/mol. The quantitative estimate of drug-likeness (QED) is 0.768.